The van der Waals surface area contributed by atoms with E-state index < -0.39 is 0 Å². The normalized spacial score (nSPS) is 12.1. The first kappa shape index (κ1) is 16.2. The van der Waals surface area contributed by atoms with Crippen LogP contribution in [0.2, 0.25) is 0 Å². The fourth-order valence-electron chi connectivity index (χ4n) is 2.01. The maximum atomic E-state index is 13.7. The fraction of sp³-hybridized carbons (Fsp3) is 0.353. The van der Waals surface area contributed by atoms with Crippen molar-refractivity contribution < 1.29 is 13.6 Å². The van der Waals surface area contributed by atoms with Gasteiger partial charge in [0.05, 0.1) is 5.56 Å². The lowest BCUT2D eigenvalue weighted by molar-refractivity contribution is -0.121. The van der Waals surface area contributed by atoms with Crippen molar-refractivity contribution in [3.63, 3.8) is 0 Å². The molecule has 1 heterocycles. The number of aryl methyl sites for hydroxylation is 1. The predicted octanol–water partition coefficient (Wildman–Crippen LogP) is 2.74. The number of nitrogens with one attached hydrogen (secondary N) is 2. The van der Waals surface area contributed by atoms with Gasteiger partial charge >= 0.3 is 0 Å². The molecule has 1 aromatic carbocycles. The Balaban J connectivity index is 1.88. The van der Waals surface area contributed by atoms with E-state index >= 15 is 0 Å². The van der Waals surface area contributed by atoms with Gasteiger partial charge in [0, 0.05) is 25.4 Å². The van der Waals surface area contributed by atoms with Crippen LogP contribution in [0.1, 0.15) is 19.1 Å². The monoisotopic (exact) mass is 304 g/mol. The zero-order valence-corrected chi connectivity index (χ0v) is 12.9. The van der Waals surface area contributed by atoms with Crippen LogP contribution < -0.4 is 10.6 Å². The van der Waals surface area contributed by atoms with Gasteiger partial charge in [-0.3, -0.25) is 4.79 Å². The van der Waals surface area contributed by atoms with Crippen molar-refractivity contribution in [1.29, 1.82) is 0 Å². The fourth-order valence-corrected chi connectivity index (χ4v) is 2.01. The molecule has 2 aromatic rings. The van der Waals surface area contributed by atoms with Crippen LogP contribution in [0.25, 0.3) is 11.3 Å². The highest BCUT2D eigenvalue weighted by Gasteiger charge is 2.10. The van der Waals surface area contributed by atoms with Crippen LogP contribution in [0, 0.1) is 5.82 Å². The Morgan fingerprint density at radius 1 is 1.27 bits per heavy atom. The first-order valence-electron chi connectivity index (χ1n) is 7.37. The largest absolute Gasteiger partial charge is 0.461 e. The van der Waals surface area contributed by atoms with Crippen molar-refractivity contribution in [1.82, 2.24) is 10.6 Å². The molecule has 0 fully saturated rings. The van der Waals surface area contributed by atoms with Gasteiger partial charge in [-0.15, -0.1) is 0 Å². The van der Waals surface area contributed by atoms with Crippen LogP contribution in [0.3, 0.4) is 0 Å². The lowest BCUT2D eigenvalue weighted by Crippen LogP contribution is -2.37. The van der Waals surface area contributed by atoms with Crippen LogP contribution >= 0.6 is 0 Å². The average molecular weight is 304 g/mol. The summed E-state index contributed by atoms with van der Waals surface area (Å²) in [4.78, 5) is 11.7. The summed E-state index contributed by atoms with van der Waals surface area (Å²) < 4.78 is 19.3. The SMILES string of the molecule is CNC(C)CNC(=O)CCc1ccc(-c2ccccc2F)o1. The molecule has 0 saturated carbocycles. The standard InChI is InChI=1S/C17H21FN2O2/c1-12(19-2)11-20-17(21)10-8-13-7-9-16(22-13)14-5-3-4-6-15(14)18/h3-7,9,12,19H,8,10-11H2,1-2H3,(H,20,21). The lowest BCUT2D eigenvalue weighted by atomic mass is 10.1. The van der Waals surface area contributed by atoms with Crippen LogP contribution in [0.4, 0.5) is 4.39 Å². The number of benzene rings is 1. The molecule has 1 unspecified atom stereocenters. The molecule has 1 aromatic heterocycles. The molecule has 2 rings (SSSR count). The lowest BCUT2D eigenvalue weighted by Gasteiger charge is -2.10. The van der Waals surface area contributed by atoms with Crippen molar-refractivity contribution in [3.05, 3.63) is 48.0 Å². The summed E-state index contributed by atoms with van der Waals surface area (Å²) in [6.07, 6.45) is 0.842. The van der Waals surface area contributed by atoms with E-state index in [-0.39, 0.29) is 17.8 Å². The summed E-state index contributed by atoms with van der Waals surface area (Å²) >= 11 is 0. The van der Waals surface area contributed by atoms with E-state index in [1.807, 2.05) is 14.0 Å². The second-order valence-corrected chi connectivity index (χ2v) is 5.24. The Hall–Kier alpha value is -2.14. The number of rotatable bonds is 7. The van der Waals surface area contributed by atoms with E-state index in [2.05, 4.69) is 10.6 Å². The number of carbonyl (C=O) groups excluding carboxylic acids is 1. The number of amides is 1. The first-order valence-corrected chi connectivity index (χ1v) is 7.37. The van der Waals surface area contributed by atoms with E-state index in [0.29, 0.717) is 36.5 Å². The minimum Gasteiger partial charge on any atom is -0.461 e. The molecule has 0 spiro atoms. The van der Waals surface area contributed by atoms with Crippen LogP contribution in [-0.4, -0.2) is 25.5 Å². The van der Waals surface area contributed by atoms with Gasteiger partial charge in [0.2, 0.25) is 5.91 Å². The third-order valence-corrected chi connectivity index (χ3v) is 3.50. The third-order valence-electron chi connectivity index (χ3n) is 3.50. The van der Waals surface area contributed by atoms with E-state index in [0.717, 1.165) is 0 Å². The van der Waals surface area contributed by atoms with Gasteiger partial charge in [-0.2, -0.15) is 0 Å². The summed E-state index contributed by atoms with van der Waals surface area (Å²) in [5.74, 6) is 0.820. The second-order valence-electron chi connectivity index (χ2n) is 5.24. The highest BCUT2D eigenvalue weighted by molar-refractivity contribution is 5.76. The van der Waals surface area contributed by atoms with Crippen molar-refractivity contribution in [2.75, 3.05) is 13.6 Å². The van der Waals surface area contributed by atoms with Crippen molar-refractivity contribution in [2.45, 2.75) is 25.8 Å². The summed E-state index contributed by atoms with van der Waals surface area (Å²) in [6.45, 7) is 2.58. The van der Waals surface area contributed by atoms with E-state index in [1.165, 1.54) is 6.07 Å². The molecule has 0 saturated heterocycles. The Kier molecular flexibility index (Phi) is 5.72. The topological polar surface area (TPSA) is 54.3 Å². The summed E-state index contributed by atoms with van der Waals surface area (Å²) in [5, 5.41) is 5.90. The highest BCUT2D eigenvalue weighted by atomic mass is 19.1. The molecular formula is C17H21FN2O2. The molecule has 1 atom stereocenters. The molecule has 0 aliphatic carbocycles. The van der Waals surface area contributed by atoms with Crippen LogP contribution in [-0.2, 0) is 11.2 Å². The molecule has 118 valence electrons. The Bertz CT molecular complexity index is 625. The van der Waals surface area contributed by atoms with Gasteiger partial charge in [-0.05, 0) is 38.2 Å². The summed E-state index contributed by atoms with van der Waals surface area (Å²) in [5.41, 5.74) is 0.432. The Morgan fingerprint density at radius 2 is 2.05 bits per heavy atom. The van der Waals surface area contributed by atoms with Gasteiger partial charge < -0.3 is 15.1 Å². The molecular weight excluding hydrogens is 283 g/mol. The zero-order valence-electron chi connectivity index (χ0n) is 12.9. The second kappa shape index (κ2) is 7.75. The van der Waals surface area contributed by atoms with Gasteiger partial charge in [0.25, 0.3) is 0 Å². The summed E-state index contributed by atoms with van der Waals surface area (Å²) in [7, 11) is 1.85. The molecule has 0 radical (unpaired) electrons. The molecule has 4 nitrogen and oxygen atoms in total. The van der Waals surface area contributed by atoms with Crippen molar-refractivity contribution in [2.24, 2.45) is 0 Å². The molecule has 5 heteroatoms. The van der Waals surface area contributed by atoms with E-state index in [4.69, 9.17) is 4.42 Å². The van der Waals surface area contributed by atoms with E-state index in [1.54, 1.807) is 30.3 Å². The number of hydrogen-bond acceptors (Lipinski definition) is 3. The highest BCUT2D eigenvalue weighted by Crippen LogP contribution is 2.25. The van der Waals surface area contributed by atoms with Gasteiger partial charge in [0.1, 0.15) is 17.3 Å². The maximum absolute atomic E-state index is 13.7. The smallest absolute Gasteiger partial charge is 0.220 e. The van der Waals surface area contributed by atoms with Crippen LogP contribution in [0.5, 0.6) is 0 Å². The average Bonchev–Trinajstić information content (AvgIpc) is 2.99. The van der Waals surface area contributed by atoms with E-state index in [9.17, 15) is 9.18 Å². The molecule has 0 aliphatic heterocycles. The summed E-state index contributed by atoms with van der Waals surface area (Å²) in [6, 6.07) is 10.2. The van der Waals surface area contributed by atoms with Gasteiger partial charge in [-0.25, -0.2) is 4.39 Å². The zero-order chi connectivity index (χ0) is 15.9. The minimum atomic E-state index is -0.317. The van der Waals surface area contributed by atoms with Gasteiger partial charge in [-0.1, -0.05) is 12.1 Å². The van der Waals surface area contributed by atoms with Crippen LogP contribution in [0.15, 0.2) is 40.8 Å². The molecule has 0 bridgehead atoms. The molecule has 0 aliphatic rings. The van der Waals surface area contributed by atoms with Gasteiger partial charge in [0.15, 0.2) is 0 Å². The minimum absolute atomic E-state index is 0.0223. The Morgan fingerprint density at radius 3 is 2.77 bits per heavy atom. The number of hydrogen-bond donors (Lipinski definition) is 2. The molecule has 2 N–H and O–H groups in total. The quantitative estimate of drug-likeness (QED) is 0.827. The van der Waals surface area contributed by atoms with Crippen molar-refractivity contribution >= 4 is 5.91 Å². The predicted molar refractivity (Wildman–Crippen MR) is 84.0 cm³/mol. The van der Waals surface area contributed by atoms with Crippen molar-refractivity contribution in [3.8, 4) is 11.3 Å². The number of furan rings is 1. The third kappa shape index (κ3) is 4.43. The number of carbonyl (C=O) groups is 1. The molecule has 22 heavy (non-hydrogen) atoms. The number of likely N-dealkylation sites (N-methyl/N-ethyl adjacent to an activating group) is 1. The number of halogens is 1. The molecule has 1 amide bonds. The Labute approximate surface area is 129 Å². The maximum Gasteiger partial charge on any atom is 0.220 e. The first-order chi connectivity index (χ1) is 10.6.